The van der Waals surface area contributed by atoms with E-state index in [1.165, 1.54) is 5.56 Å². The van der Waals surface area contributed by atoms with Crippen molar-refractivity contribution in [3.05, 3.63) is 52.5 Å². The van der Waals surface area contributed by atoms with Crippen LogP contribution in [-0.2, 0) is 5.41 Å². The molecule has 2 aromatic carbocycles. The number of anilines is 1. The summed E-state index contributed by atoms with van der Waals surface area (Å²) in [5, 5.41) is 0. The monoisotopic (exact) mass is 319 g/mol. The second-order valence-corrected chi connectivity index (χ2v) is 6.39. The molecule has 0 saturated heterocycles. The van der Waals surface area contributed by atoms with E-state index in [0.29, 0.717) is 11.4 Å². The lowest BCUT2D eigenvalue weighted by Crippen LogP contribution is -2.10. The van der Waals surface area contributed by atoms with Gasteiger partial charge in [0.1, 0.15) is 11.5 Å². The van der Waals surface area contributed by atoms with Gasteiger partial charge in [-0.1, -0.05) is 39.0 Å². The van der Waals surface area contributed by atoms with Gasteiger partial charge in [-0.3, -0.25) is 0 Å². The van der Waals surface area contributed by atoms with Crippen LogP contribution in [0.1, 0.15) is 26.3 Å². The van der Waals surface area contributed by atoms with Gasteiger partial charge >= 0.3 is 0 Å². The van der Waals surface area contributed by atoms with Crippen LogP contribution < -0.4 is 10.5 Å². The van der Waals surface area contributed by atoms with Crippen molar-refractivity contribution in [3.8, 4) is 11.5 Å². The highest BCUT2D eigenvalue weighted by molar-refractivity contribution is 9.10. The van der Waals surface area contributed by atoms with Crippen LogP contribution in [0.25, 0.3) is 0 Å². The van der Waals surface area contributed by atoms with Gasteiger partial charge in [0.05, 0.1) is 10.2 Å². The summed E-state index contributed by atoms with van der Waals surface area (Å²) in [5.41, 5.74) is 7.89. The maximum Gasteiger partial charge on any atom is 0.150 e. The highest BCUT2D eigenvalue weighted by Gasteiger charge is 2.15. The Labute approximate surface area is 122 Å². The van der Waals surface area contributed by atoms with E-state index in [9.17, 15) is 0 Å². The second-order valence-electron chi connectivity index (χ2n) is 5.54. The number of nitrogen functional groups attached to an aromatic ring is 1. The number of nitrogens with two attached hydrogens (primary N) is 1. The Morgan fingerprint density at radius 3 is 2.26 bits per heavy atom. The van der Waals surface area contributed by atoms with Crippen molar-refractivity contribution in [3.63, 3.8) is 0 Å². The molecule has 0 radical (unpaired) electrons. The SMILES string of the molecule is CC(C)(C)c1ccc(Oc2ccccc2N)c(Br)c1. The lowest BCUT2D eigenvalue weighted by Gasteiger charge is -2.20. The molecular formula is C16H18BrNO. The molecule has 0 heterocycles. The van der Waals surface area contributed by atoms with Crippen molar-refractivity contribution < 1.29 is 4.74 Å². The van der Waals surface area contributed by atoms with Gasteiger partial charge in [0.2, 0.25) is 0 Å². The third-order valence-corrected chi connectivity index (χ3v) is 3.56. The topological polar surface area (TPSA) is 35.2 Å². The number of hydrogen-bond donors (Lipinski definition) is 1. The normalized spacial score (nSPS) is 11.4. The molecule has 0 saturated carbocycles. The van der Waals surface area contributed by atoms with Gasteiger partial charge in [0, 0.05) is 0 Å². The van der Waals surface area contributed by atoms with Crippen molar-refractivity contribution >= 4 is 21.6 Å². The molecular weight excluding hydrogens is 302 g/mol. The lowest BCUT2D eigenvalue weighted by molar-refractivity contribution is 0.480. The van der Waals surface area contributed by atoms with Crippen molar-refractivity contribution in [1.82, 2.24) is 0 Å². The Balaban J connectivity index is 2.30. The van der Waals surface area contributed by atoms with E-state index in [1.54, 1.807) is 0 Å². The molecule has 0 aliphatic heterocycles. The largest absolute Gasteiger partial charge is 0.454 e. The summed E-state index contributed by atoms with van der Waals surface area (Å²) in [5.74, 6) is 1.44. The average Bonchev–Trinajstić information content (AvgIpc) is 2.33. The van der Waals surface area contributed by atoms with Crippen LogP contribution >= 0.6 is 15.9 Å². The van der Waals surface area contributed by atoms with Crippen LogP contribution in [0.2, 0.25) is 0 Å². The van der Waals surface area contributed by atoms with Crippen molar-refractivity contribution in [1.29, 1.82) is 0 Å². The standard InChI is InChI=1S/C16H18BrNO/c1-16(2,3)11-8-9-14(12(17)10-11)19-15-7-5-4-6-13(15)18/h4-10H,18H2,1-3H3. The molecule has 0 bridgehead atoms. The number of benzene rings is 2. The lowest BCUT2D eigenvalue weighted by atomic mass is 9.87. The van der Waals surface area contributed by atoms with Gasteiger partial charge in [-0.2, -0.15) is 0 Å². The summed E-state index contributed by atoms with van der Waals surface area (Å²) < 4.78 is 6.77. The number of rotatable bonds is 2. The Morgan fingerprint density at radius 1 is 1.00 bits per heavy atom. The number of hydrogen-bond acceptors (Lipinski definition) is 2. The molecule has 2 nitrogen and oxygen atoms in total. The molecule has 2 N–H and O–H groups in total. The van der Waals surface area contributed by atoms with Crippen molar-refractivity contribution in [2.45, 2.75) is 26.2 Å². The summed E-state index contributed by atoms with van der Waals surface area (Å²) in [7, 11) is 0. The molecule has 0 spiro atoms. The van der Waals surface area contributed by atoms with E-state index in [1.807, 2.05) is 30.3 Å². The zero-order chi connectivity index (χ0) is 14.0. The molecule has 0 aromatic heterocycles. The van der Waals surface area contributed by atoms with Crippen LogP contribution in [-0.4, -0.2) is 0 Å². The van der Waals surface area contributed by atoms with Gasteiger partial charge in [-0.05, 0) is 51.2 Å². The molecule has 0 amide bonds. The van der Waals surface area contributed by atoms with Crippen LogP contribution in [0.15, 0.2) is 46.9 Å². The van der Waals surface area contributed by atoms with Crippen molar-refractivity contribution in [2.24, 2.45) is 0 Å². The van der Waals surface area contributed by atoms with E-state index < -0.39 is 0 Å². The van der Waals surface area contributed by atoms with Gasteiger partial charge in [-0.25, -0.2) is 0 Å². The molecule has 0 fully saturated rings. The first-order chi connectivity index (χ1) is 8.88. The first-order valence-electron chi connectivity index (χ1n) is 6.20. The first-order valence-corrected chi connectivity index (χ1v) is 6.99. The number of halogens is 1. The molecule has 0 unspecified atom stereocenters. The molecule has 0 aliphatic rings. The van der Waals surface area contributed by atoms with Crippen LogP contribution in [0, 0.1) is 0 Å². The van der Waals surface area contributed by atoms with E-state index in [-0.39, 0.29) is 5.41 Å². The van der Waals surface area contributed by atoms with Crippen LogP contribution in [0.4, 0.5) is 5.69 Å². The third kappa shape index (κ3) is 3.29. The zero-order valence-corrected chi connectivity index (χ0v) is 13.0. The van der Waals surface area contributed by atoms with E-state index >= 15 is 0 Å². The smallest absolute Gasteiger partial charge is 0.150 e. The van der Waals surface area contributed by atoms with E-state index in [0.717, 1.165) is 10.2 Å². The number of para-hydroxylation sites is 2. The fourth-order valence-corrected chi connectivity index (χ4v) is 2.20. The highest BCUT2D eigenvalue weighted by Crippen LogP contribution is 2.35. The van der Waals surface area contributed by atoms with Crippen LogP contribution in [0.5, 0.6) is 11.5 Å². The fourth-order valence-electron chi connectivity index (χ4n) is 1.74. The molecule has 19 heavy (non-hydrogen) atoms. The minimum atomic E-state index is 0.118. The van der Waals surface area contributed by atoms with E-state index in [2.05, 4.69) is 48.8 Å². The number of ether oxygens (including phenoxy) is 1. The average molecular weight is 320 g/mol. The summed E-state index contributed by atoms with van der Waals surface area (Å²) in [6, 6.07) is 13.6. The minimum absolute atomic E-state index is 0.118. The maximum atomic E-state index is 5.88. The molecule has 2 aromatic rings. The van der Waals surface area contributed by atoms with Gasteiger partial charge in [0.15, 0.2) is 0 Å². The highest BCUT2D eigenvalue weighted by atomic mass is 79.9. The van der Waals surface area contributed by atoms with Crippen molar-refractivity contribution in [2.75, 3.05) is 5.73 Å². The quantitative estimate of drug-likeness (QED) is 0.779. The first kappa shape index (κ1) is 13.9. The molecule has 0 atom stereocenters. The molecule has 100 valence electrons. The Bertz CT molecular complexity index is 588. The predicted octanol–water partition coefficient (Wildman–Crippen LogP) is 5.12. The minimum Gasteiger partial charge on any atom is -0.454 e. The maximum absolute atomic E-state index is 5.88. The third-order valence-electron chi connectivity index (χ3n) is 2.94. The fraction of sp³-hybridized carbons (Fsp3) is 0.250. The van der Waals surface area contributed by atoms with E-state index in [4.69, 9.17) is 10.5 Å². The summed E-state index contributed by atoms with van der Waals surface area (Å²) in [4.78, 5) is 0. The Kier molecular flexibility index (Phi) is 3.85. The Morgan fingerprint density at radius 2 is 1.68 bits per heavy atom. The van der Waals surface area contributed by atoms with Gasteiger partial charge < -0.3 is 10.5 Å². The zero-order valence-electron chi connectivity index (χ0n) is 11.4. The second kappa shape index (κ2) is 5.25. The Hall–Kier alpha value is -1.48. The van der Waals surface area contributed by atoms with Crippen LogP contribution in [0.3, 0.4) is 0 Å². The summed E-state index contributed by atoms with van der Waals surface area (Å²) in [6.45, 7) is 6.56. The van der Waals surface area contributed by atoms with Gasteiger partial charge in [-0.15, -0.1) is 0 Å². The van der Waals surface area contributed by atoms with Gasteiger partial charge in [0.25, 0.3) is 0 Å². The summed E-state index contributed by atoms with van der Waals surface area (Å²) in [6.07, 6.45) is 0. The molecule has 0 aliphatic carbocycles. The molecule has 2 rings (SSSR count). The molecule has 3 heteroatoms. The summed E-state index contributed by atoms with van der Waals surface area (Å²) >= 11 is 3.56. The predicted molar refractivity (Wildman–Crippen MR) is 83.8 cm³/mol.